The number of amides is 1. The fraction of sp³-hybridized carbons (Fsp3) is 0.235. The van der Waals surface area contributed by atoms with Crippen LogP contribution in [0.4, 0.5) is 5.82 Å². The molecule has 0 saturated carbocycles. The zero-order chi connectivity index (χ0) is 17.3. The molecule has 0 unspecified atom stereocenters. The molecule has 1 N–H and O–H groups in total. The molecule has 6 nitrogen and oxygen atoms in total. The molecule has 24 heavy (non-hydrogen) atoms. The maximum Gasteiger partial charge on any atom is 0.257 e. The molecular weight excluding hydrogens is 326 g/mol. The third kappa shape index (κ3) is 3.19. The zero-order valence-electron chi connectivity index (χ0n) is 13.7. The molecule has 0 aliphatic carbocycles. The molecule has 3 aromatic rings. The Morgan fingerprint density at radius 3 is 2.79 bits per heavy atom. The third-order valence-electron chi connectivity index (χ3n) is 3.66. The molecule has 0 aliphatic rings. The van der Waals surface area contributed by atoms with Crippen LogP contribution in [0.2, 0.25) is 5.02 Å². The number of fused-ring (bicyclic) bond motifs is 1. The minimum absolute atomic E-state index is 0.0821. The van der Waals surface area contributed by atoms with Crippen LogP contribution in [-0.2, 0) is 6.54 Å². The average Bonchev–Trinajstić information content (AvgIpc) is 2.95. The summed E-state index contributed by atoms with van der Waals surface area (Å²) in [4.78, 5) is 27.9. The van der Waals surface area contributed by atoms with E-state index in [0.717, 1.165) is 16.9 Å². The summed E-state index contributed by atoms with van der Waals surface area (Å²) in [7, 11) is 5.33. The molecule has 124 valence electrons. The first-order valence-corrected chi connectivity index (χ1v) is 7.85. The number of anilines is 1. The van der Waals surface area contributed by atoms with Gasteiger partial charge >= 0.3 is 0 Å². The summed E-state index contributed by atoms with van der Waals surface area (Å²) in [6.45, 7) is 0.497. The van der Waals surface area contributed by atoms with E-state index >= 15 is 0 Å². The van der Waals surface area contributed by atoms with Crippen molar-refractivity contribution >= 4 is 34.4 Å². The van der Waals surface area contributed by atoms with Gasteiger partial charge < -0.3 is 14.8 Å². The smallest absolute Gasteiger partial charge is 0.257 e. The van der Waals surface area contributed by atoms with Gasteiger partial charge in [-0.2, -0.15) is 0 Å². The van der Waals surface area contributed by atoms with Crippen LogP contribution in [0.3, 0.4) is 0 Å². The lowest BCUT2D eigenvalue weighted by atomic mass is 10.2. The fourth-order valence-electron chi connectivity index (χ4n) is 2.52. The van der Waals surface area contributed by atoms with E-state index < -0.39 is 0 Å². The number of carbonyl (C=O) groups excluding carboxylic acids is 1. The number of benzene rings is 1. The Morgan fingerprint density at radius 2 is 2.04 bits per heavy atom. The summed E-state index contributed by atoms with van der Waals surface area (Å²) in [5, 5.41) is 0.662. The van der Waals surface area contributed by atoms with Crippen LogP contribution in [0.5, 0.6) is 0 Å². The molecule has 0 saturated heterocycles. The minimum atomic E-state index is -0.0821. The van der Waals surface area contributed by atoms with Crippen molar-refractivity contribution in [1.29, 1.82) is 0 Å². The number of H-pyrrole nitrogens is 1. The molecule has 0 bridgehead atoms. The van der Waals surface area contributed by atoms with Crippen molar-refractivity contribution in [2.45, 2.75) is 6.54 Å². The molecule has 0 spiro atoms. The summed E-state index contributed by atoms with van der Waals surface area (Å²) in [6.07, 6.45) is 1.68. The second kappa shape index (κ2) is 6.49. The third-order valence-corrected chi connectivity index (χ3v) is 3.90. The van der Waals surface area contributed by atoms with E-state index in [2.05, 4.69) is 15.0 Å². The summed E-state index contributed by atoms with van der Waals surface area (Å²) < 4.78 is 0. The molecule has 1 aromatic carbocycles. The second-order valence-corrected chi connectivity index (χ2v) is 6.21. The monoisotopic (exact) mass is 343 g/mol. The van der Waals surface area contributed by atoms with Gasteiger partial charge in [-0.05, 0) is 30.3 Å². The number of imidazole rings is 1. The summed E-state index contributed by atoms with van der Waals surface area (Å²) >= 11 is 6.00. The van der Waals surface area contributed by atoms with E-state index in [1.165, 1.54) is 4.90 Å². The highest BCUT2D eigenvalue weighted by molar-refractivity contribution is 6.31. The van der Waals surface area contributed by atoms with Crippen molar-refractivity contribution in [3.63, 3.8) is 0 Å². The Balaban J connectivity index is 1.89. The first kappa shape index (κ1) is 16.3. The predicted molar refractivity (Wildman–Crippen MR) is 95.5 cm³/mol. The molecular formula is C17H18ClN5O. The van der Waals surface area contributed by atoms with Gasteiger partial charge in [-0.15, -0.1) is 0 Å². The number of carbonyl (C=O) groups is 1. The lowest BCUT2D eigenvalue weighted by Crippen LogP contribution is -2.27. The van der Waals surface area contributed by atoms with Gasteiger partial charge in [0.1, 0.15) is 11.6 Å². The standard InChI is InChI=1S/C17H18ClN5O/c1-22(2)17(24)12-5-4-8-19-16(12)23(3)10-15-20-13-7-6-11(18)9-14(13)21-15/h4-9H,10H2,1-3H3,(H,20,21). The normalized spacial score (nSPS) is 10.8. The molecule has 2 aromatic heterocycles. The molecule has 1 amide bonds. The van der Waals surface area contributed by atoms with Crippen LogP contribution >= 0.6 is 11.6 Å². The molecule has 0 fully saturated rings. The van der Waals surface area contributed by atoms with Crippen molar-refractivity contribution in [1.82, 2.24) is 19.9 Å². The Bertz CT molecular complexity index is 890. The van der Waals surface area contributed by atoms with Crippen molar-refractivity contribution in [3.05, 3.63) is 52.9 Å². The lowest BCUT2D eigenvalue weighted by molar-refractivity contribution is 0.0828. The Kier molecular flexibility index (Phi) is 4.40. The quantitative estimate of drug-likeness (QED) is 0.791. The van der Waals surface area contributed by atoms with Crippen molar-refractivity contribution in [3.8, 4) is 0 Å². The number of hydrogen-bond acceptors (Lipinski definition) is 4. The summed E-state index contributed by atoms with van der Waals surface area (Å²) in [5.74, 6) is 1.32. The number of pyridine rings is 1. The zero-order valence-corrected chi connectivity index (χ0v) is 14.5. The number of aromatic amines is 1. The Hall–Kier alpha value is -2.60. The van der Waals surface area contributed by atoms with Gasteiger partial charge in [-0.3, -0.25) is 4.79 Å². The largest absolute Gasteiger partial charge is 0.352 e. The Labute approximate surface area is 145 Å². The molecule has 7 heteroatoms. The average molecular weight is 344 g/mol. The SMILES string of the molecule is CN(C)C(=O)c1cccnc1N(C)Cc1nc2ccc(Cl)cc2[nH]1. The number of nitrogens with zero attached hydrogens (tertiary/aromatic N) is 4. The predicted octanol–water partition coefficient (Wildman–Crippen LogP) is 2.95. The highest BCUT2D eigenvalue weighted by Crippen LogP contribution is 2.21. The fourth-order valence-corrected chi connectivity index (χ4v) is 2.69. The van der Waals surface area contributed by atoms with Crippen LogP contribution in [0.1, 0.15) is 16.2 Å². The van der Waals surface area contributed by atoms with Crippen LogP contribution in [0.25, 0.3) is 11.0 Å². The van der Waals surface area contributed by atoms with E-state index in [-0.39, 0.29) is 5.91 Å². The van der Waals surface area contributed by atoms with Crippen LogP contribution < -0.4 is 4.90 Å². The van der Waals surface area contributed by atoms with E-state index in [4.69, 9.17) is 11.6 Å². The number of aromatic nitrogens is 3. The van der Waals surface area contributed by atoms with Gasteiger partial charge in [0, 0.05) is 32.4 Å². The minimum Gasteiger partial charge on any atom is -0.352 e. The highest BCUT2D eigenvalue weighted by atomic mass is 35.5. The van der Waals surface area contributed by atoms with Crippen LogP contribution in [0, 0.1) is 0 Å². The summed E-state index contributed by atoms with van der Waals surface area (Å²) in [5.41, 5.74) is 2.30. The molecule has 0 radical (unpaired) electrons. The highest BCUT2D eigenvalue weighted by Gasteiger charge is 2.18. The number of halogens is 1. The maximum atomic E-state index is 12.3. The number of rotatable bonds is 4. The van der Waals surface area contributed by atoms with Crippen molar-refractivity contribution in [2.75, 3.05) is 26.0 Å². The second-order valence-electron chi connectivity index (χ2n) is 5.78. The van der Waals surface area contributed by atoms with Crippen LogP contribution in [0.15, 0.2) is 36.5 Å². The van der Waals surface area contributed by atoms with Gasteiger partial charge in [0.15, 0.2) is 0 Å². The van der Waals surface area contributed by atoms with Gasteiger partial charge in [0.2, 0.25) is 0 Å². The molecule has 0 atom stereocenters. The van der Waals surface area contributed by atoms with Crippen molar-refractivity contribution in [2.24, 2.45) is 0 Å². The van der Waals surface area contributed by atoms with Gasteiger partial charge in [0.25, 0.3) is 5.91 Å². The van der Waals surface area contributed by atoms with E-state index in [1.54, 1.807) is 32.4 Å². The van der Waals surface area contributed by atoms with Gasteiger partial charge in [0.05, 0.1) is 23.1 Å². The lowest BCUT2D eigenvalue weighted by Gasteiger charge is -2.21. The summed E-state index contributed by atoms with van der Waals surface area (Å²) in [6, 6.07) is 9.07. The first-order chi connectivity index (χ1) is 11.5. The molecule has 3 rings (SSSR count). The molecule has 2 heterocycles. The van der Waals surface area contributed by atoms with Gasteiger partial charge in [-0.25, -0.2) is 9.97 Å². The Morgan fingerprint density at radius 1 is 1.25 bits per heavy atom. The topological polar surface area (TPSA) is 65.1 Å². The first-order valence-electron chi connectivity index (χ1n) is 7.47. The van der Waals surface area contributed by atoms with E-state index in [0.29, 0.717) is 22.9 Å². The number of nitrogens with one attached hydrogen (secondary N) is 1. The van der Waals surface area contributed by atoms with Crippen molar-refractivity contribution < 1.29 is 4.79 Å². The van der Waals surface area contributed by atoms with Crippen LogP contribution in [-0.4, -0.2) is 46.9 Å². The van der Waals surface area contributed by atoms with E-state index in [9.17, 15) is 4.79 Å². The van der Waals surface area contributed by atoms with E-state index in [1.807, 2.05) is 30.1 Å². The van der Waals surface area contributed by atoms with Gasteiger partial charge in [-0.1, -0.05) is 11.6 Å². The maximum absolute atomic E-state index is 12.3. The molecule has 0 aliphatic heterocycles. The number of hydrogen-bond donors (Lipinski definition) is 1.